The van der Waals surface area contributed by atoms with Crippen molar-refractivity contribution >= 4 is 12.2 Å². The van der Waals surface area contributed by atoms with E-state index < -0.39 is 0 Å². The van der Waals surface area contributed by atoms with Crippen molar-refractivity contribution in [3.63, 3.8) is 0 Å². The molecule has 0 aliphatic carbocycles. The molecule has 0 unspecified atom stereocenters. The van der Waals surface area contributed by atoms with Crippen molar-refractivity contribution in [2.45, 2.75) is 66.2 Å². The van der Waals surface area contributed by atoms with Crippen molar-refractivity contribution in [3.05, 3.63) is 57.6 Å². The van der Waals surface area contributed by atoms with Gasteiger partial charge in [-0.25, -0.2) is 0 Å². The van der Waals surface area contributed by atoms with Crippen LogP contribution in [0.1, 0.15) is 74.9 Å². The topological polar surface area (TPSA) is 40.5 Å². The molecular weight excluding hydrogens is 320 g/mol. The zero-order chi connectivity index (χ0) is 19.9. The molecule has 2 nitrogen and oxygen atoms in total. The largest absolute Gasteiger partial charge is 0.507 e. The number of hydrogen-bond donors (Lipinski definition) is 2. The van der Waals surface area contributed by atoms with Gasteiger partial charge in [0.1, 0.15) is 11.5 Å². The zero-order valence-corrected chi connectivity index (χ0v) is 17.4. The minimum atomic E-state index is -0.341. The van der Waals surface area contributed by atoms with Crippen LogP contribution in [0.15, 0.2) is 24.3 Å². The molecule has 0 aliphatic heterocycles. The summed E-state index contributed by atoms with van der Waals surface area (Å²) in [5.74, 6) is 0.312. The van der Waals surface area contributed by atoms with Crippen LogP contribution in [0.25, 0.3) is 12.2 Å². The lowest BCUT2D eigenvalue weighted by Gasteiger charge is -2.23. The van der Waals surface area contributed by atoms with Crippen LogP contribution in [-0.4, -0.2) is 10.2 Å². The maximum atomic E-state index is 10.8. The fourth-order valence-electron chi connectivity index (χ4n) is 3.21. The number of phenolic OH excluding ortho intramolecular Hbond substituents is 2. The molecule has 0 aliphatic rings. The van der Waals surface area contributed by atoms with Gasteiger partial charge >= 0.3 is 0 Å². The normalized spacial score (nSPS) is 12.8. The lowest BCUT2D eigenvalue weighted by molar-refractivity contribution is 0.409. The lowest BCUT2D eigenvalue weighted by Crippen LogP contribution is -2.12. The average molecular weight is 353 g/mol. The molecule has 0 radical (unpaired) electrons. The van der Waals surface area contributed by atoms with Crippen LogP contribution in [0.4, 0.5) is 0 Å². The van der Waals surface area contributed by atoms with Crippen molar-refractivity contribution < 1.29 is 10.2 Å². The molecule has 2 heteroatoms. The molecule has 2 aromatic rings. The van der Waals surface area contributed by atoms with Gasteiger partial charge in [-0.2, -0.15) is 0 Å². The summed E-state index contributed by atoms with van der Waals surface area (Å²) < 4.78 is 0. The van der Waals surface area contributed by atoms with Crippen LogP contribution in [0.2, 0.25) is 0 Å². The second-order valence-electron chi connectivity index (χ2n) is 9.25. The second-order valence-corrected chi connectivity index (χ2v) is 9.25. The minimum Gasteiger partial charge on any atom is -0.507 e. The van der Waals surface area contributed by atoms with E-state index in [0.29, 0.717) is 5.56 Å². The molecule has 0 amide bonds. The maximum Gasteiger partial charge on any atom is 0.130 e. The Labute approximate surface area is 158 Å². The van der Waals surface area contributed by atoms with E-state index in [1.54, 1.807) is 6.07 Å². The van der Waals surface area contributed by atoms with E-state index in [0.717, 1.165) is 16.7 Å². The average Bonchev–Trinajstić information content (AvgIpc) is 2.45. The number of hydrogen-bond acceptors (Lipinski definition) is 2. The second kappa shape index (κ2) is 6.83. The van der Waals surface area contributed by atoms with Gasteiger partial charge in [-0.1, -0.05) is 71.9 Å². The zero-order valence-electron chi connectivity index (χ0n) is 17.4. The predicted molar refractivity (Wildman–Crippen MR) is 112 cm³/mol. The van der Waals surface area contributed by atoms with Gasteiger partial charge < -0.3 is 10.2 Å². The Hall–Kier alpha value is -2.22. The monoisotopic (exact) mass is 352 g/mol. The van der Waals surface area contributed by atoms with Crippen LogP contribution in [0, 0.1) is 13.8 Å². The summed E-state index contributed by atoms with van der Waals surface area (Å²) in [6.45, 7) is 16.6. The first kappa shape index (κ1) is 20.1. The summed E-state index contributed by atoms with van der Waals surface area (Å²) in [6, 6.07) is 8.26. The molecule has 0 heterocycles. The first-order chi connectivity index (χ1) is 11.8. The smallest absolute Gasteiger partial charge is 0.130 e. The highest BCUT2D eigenvalue weighted by Gasteiger charge is 2.25. The Morgan fingerprint density at radius 2 is 1.38 bits per heavy atom. The first-order valence-electron chi connectivity index (χ1n) is 9.17. The highest BCUT2D eigenvalue weighted by Crippen LogP contribution is 2.42. The van der Waals surface area contributed by atoms with Crippen LogP contribution in [0.5, 0.6) is 11.5 Å². The highest BCUT2D eigenvalue weighted by atomic mass is 16.3. The van der Waals surface area contributed by atoms with E-state index in [1.807, 2.05) is 33.8 Å². The molecular formula is C24H32O2. The minimum absolute atomic E-state index is 0.0896. The Morgan fingerprint density at radius 1 is 0.769 bits per heavy atom. The van der Waals surface area contributed by atoms with Crippen LogP contribution in [0.3, 0.4) is 0 Å². The van der Waals surface area contributed by atoms with Crippen molar-refractivity contribution in [1.82, 2.24) is 0 Å². The van der Waals surface area contributed by atoms with Gasteiger partial charge in [0.2, 0.25) is 0 Å². The van der Waals surface area contributed by atoms with Gasteiger partial charge in [0.05, 0.1) is 0 Å². The molecule has 140 valence electrons. The molecule has 2 aromatic carbocycles. The summed E-state index contributed by atoms with van der Waals surface area (Å²) in [6.07, 6.45) is 4.00. The van der Waals surface area contributed by atoms with Crippen molar-refractivity contribution in [2.75, 3.05) is 0 Å². The van der Waals surface area contributed by atoms with E-state index in [-0.39, 0.29) is 22.3 Å². The van der Waals surface area contributed by atoms with Gasteiger partial charge in [0.25, 0.3) is 0 Å². The molecule has 0 spiro atoms. The van der Waals surface area contributed by atoms with Crippen LogP contribution >= 0.6 is 0 Å². The van der Waals surface area contributed by atoms with Gasteiger partial charge in [-0.3, -0.25) is 0 Å². The van der Waals surface area contributed by atoms with Gasteiger partial charge in [-0.15, -0.1) is 0 Å². The summed E-state index contributed by atoms with van der Waals surface area (Å²) >= 11 is 0. The highest BCUT2D eigenvalue weighted by molar-refractivity contribution is 5.77. The standard InChI is InChI=1S/C24H32O2/c1-15-9-11-18(23(3,4)5)14-17(15)10-12-19-16(2)13-20(25)21(22(19)26)24(6,7)8/h9-14,25-26H,1-8H3. The van der Waals surface area contributed by atoms with Gasteiger partial charge in [-0.05, 0) is 53.0 Å². The van der Waals surface area contributed by atoms with Crippen molar-refractivity contribution in [3.8, 4) is 11.5 Å². The molecule has 26 heavy (non-hydrogen) atoms. The fourth-order valence-corrected chi connectivity index (χ4v) is 3.21. The third kappa shape index (κ3) is 4.12. The summed E-state index contributed by atoms with van der Waals surface area (Å²) in [5, 5.41) is 21.1. The SMILES string of the molecule is Cc1ccc(C(C)(C)C)cc1C=Cc1c(C)cc(O)c(C(C)(C)C)c1O. The molecule has 0 aromatic heterocycles. The number of aromatic hydroxyl groups is 2. The molecule has 0 fully saturated rings. The molecule has 2 N–H and O–H groups in total. The number of benzene rings is 2. The molecule has 0 atom stereocenters. The van der Waals surface area contributed by atoms with Crippen LogP contribution in [-0.2, 0) is 10.8 Å². The number of rotatable bonds is 2. The number of aryl methyl sites for hydroxylation is 2. The Balaban J connectivity index is 2.56. The van der Waals surface area contributed by atoms with Gasteiger partial charge in [0.15, 0.2) is 0 Å². The first-order valence-corrected chi connectivity index (χ1v) is 9.17. The summed E-state index contributed by atoms with van der Waals surface area (Å²) in [5.41, 5.74) is 5.57. The fraction of sp³-hybridized carbons (Fsp3) is 0.417. The number of phenols is 2. The van der Waals surface area contributed by atoms with E-state index in [1.165, 1.54) is 11.1 Å². The molecule has 0 bridgehead atoms. The molecule has 0 saturated carbocycles. The van der Waals surface area contributed by atoms with E-state index in [9.17, 15) is 10.2 Å². The summed E-state index contributed by atoms with van der Waals surface area (Å²) in [4.78, 5) is 0. The predicted octanol–water partition coefficient (Wildman–Crippen LogP) is 6.48. The maximum absolute atomic E-state index is 10.8. The van der Waals surface area contributed by atoms with E-state index in [4.69, 9.17) is 0 Å². The third-order valence-electron chi connectivity index (χ3n) is 4.85. The Morgan fingerprint density at radius 3 is 1.92 bits per heavy atom. The van der Waals surface area contributed by atoms with Gasteiger partial charge in [0, 0.05) is 11.1 Å². The molecule has 2 rings (SSSR count). The van der Waals surface area contributed by atoms with Crippen LogP contribution < -0.4 is 0 Å². The van der Waals surface area contributed by atoms with Crippen molar-refractivity contribution in [1.29, 1.82) is 0 Å². The molecule has 0 saturated heterocycles. The van der Waals surface area contributed by atoms with E-state index >= 15 is 0 Å². The Bertz CT molecular complexity index is 844. The quantitative estimate of drug-likeness (QED) is 0.607. The van der Waals surface area contributed by atoms with E-state index in [2.05, 4.69) is 52.0 Å². The Kier molecular flexibility index (Phi) is 5.28. The third-order valence-corrected chi connectivity index (χ3v) is 4.85. The summed E-state index contributed by atoms with van der Waals surface area (Å²) in [7, 11) is 0. The van der Waals surface area contributed by atoms with Crippen molar-refractivity contribution in [2.24, 2.45) is 0 Å². The lowest BCUT2D eigenvalue weighted by atomic mass is 9.83.